The number of hydrogen-bond acceptors (Lipinski definition) is 6. The van der Waals surface area contributed by atoms with E-state index in [0.717, 1.165) is 15.7 Å². The maximum Gasteiger partial charge on any atom is 0.315 e. The zero-order valence-corrected chi connectivity index (χ0v) is 13.9. The zero-order chi connectivity index (χ0) is 18.3. The van der Waals surface area contributed by atoms with Gasteiger partial charge in [0.15, 0.2) is 5.82 Å². The Labute approximate surface area is 147 Å². The van der Waals surface area contributed by atoms with E-state index in [0.29, 0.717) is 10.9 Å². The van der Waals surface area contributed by atoms with Crippen LogP contribution in [0.5, 0.6) is 0 Å². The van der Waals surface area contributed by atoms with E-state index in [1.807, 2.05) is 31.2 Å². The lowest BCUT2D eigenvalue weighted by atomic mass is 10.2. The van der Waals surface area contributed by atoms with Gasteiger partial charge in [-0.3, -0.25) is 14.0 Å². The minimum Gasteiger partial charge on any atom is -0.395 e. The summed E-state index contributed by atoms with van der Waals surface area (Å²) in [6.07, 6.45) is 1.38. The van der Waals surface area contributed by atoms with Gasteiger partial charge in [-0.2, -0.15) is 4.98 Å². The number of rotatable bonds is 2. The van der Waals surface area contributed by atoms with E-state index in [2.05, 4.69) is 15.3 Å². The number of aryl methyl sites for hydroxylation is 1. The second kappa shape index (κ2) is 5.96. The Hall–Kier alpha value is -3.74. The Morgan fingerprint density at radius 3 is 2.54 bits per heavy atom. The number of nitrogens with one attached hydrogen (secondary N) is 1. The minimum atomic E-state index is -0.638. The molecule has 3 N–H and O–H groups in total. The second-order valence-corrected chi connectivity index (χ2v) is 5.92. The maximum absolute atomic E-state index is 12.7. The third kappa shape index (κ3) is 2.55. The number of para-hydroxylation sites is 2. The number of nitrogen functional groups attached to an aromatic ring is 1. The number of benzene rings is 2. The number of fused-ring (bicyclic) bond motifs is 2. The van der Waals surface area contributed by atoms with Gasteiger partial charge in [0, 0.05) is 11.9 Å². The summed E-state index contributed by atoms with van der Waals surface area (Å²) in [5, 5.41) is 3.46. The molecule has 0 aliphatic heterocycles. The molecule has 4 aromatic rings. The monoisotopic (exact) mass is 345 g/mol. The zero-order valence-electron chi connectivity index (χ0n) is 13.9. The fourth-order valence-corrected chi connectivity index (χ4v) is 2.77. The molecule has 0 saturated heterocycles. The van der Waals surface area contributed by atoms with Crippen LogP contribution in [0.2, 0.25) is 0 Å². The van der Waals surface area contributed by atoms with Crippen LogP contribution in [-0.2, 0) is 0 Å². The first kappa shape index (κ1) is 15.8. The molecule has 2 aromatic heterocycles. The average Bonchev–Trinajstić information content (AvgIpc) is 2.75. The maximum atomic E-state index is 12.7. The number of hydrogen-bond donors (Lipinski definition) is 2. The third-order valence-corrected chi connectivity index (χ3v) is 4.15. The summed E-state index contributed by atoms with van der Waals surface area (Å²) < 4.78 is 1.15. The predicted octanol–water partition coefficient (Wildman–Crippen LogP) is 2.24. The molecule has 2 aromatic carbocycles. The van der Waals surface area contributed by atoms with Crippen molar-refractivity contribution in [2.24, 2.45) is 0 Å². The quantitative estimate of drug-likeness (QED) is 0.578. The highest BCUT2D eigenvalue weighted by Crippen LogP contribution is 2.21. The summed E-state index contributed by atoms with van der Waals surface area (Å²) in [5.74, 6) is 0.179. The summed E-state index contributed by atoms with van der Waals surface area (Å²) in [5.41, 5.74) is 7.37. The SMILES string of the molecule is Cc1ccccc1Nc1nc(=O)c2nc3ccccc3c(=O)n2cc1N. The fourth-order valence-electron chi connectivity index (χ4n) is 2.77. The predicted molar refractivity (Wildman–Crippen MR) is 102 cm³/mol. The van der Waals surface area contributed by atoms with E-state index in [1.165, 1.54) is 6.20 Å². The van der Waals surface area contributed by atoms with Crippen molar-refractivity contribution in [3.8, 4) is 0 Å². The first-order valence-electron chi connectivity index (χ1n) is 7.99. The Morgan fingerprint density at radius 2 is 1.73 bits per heavy atom. The van der Waals surface area contributed by atoms with E-state index in [1.54, 1.807) is 24.3 Å². The highest BCUT2D eigenvalue weighted by molar-refractivity contribution is 5.79. The van der Waals surface area contributed by atoms with Crippen LogP contribution >= 0.6 is 0 Å². The number of nitrogens with zero attached hydrogens (tertiary/aromatic N) is 3. The highest BCUT2D eigenvalue weighted by atomic mass is 16.1. The van der Waals surface area contributed by atoms with Crippen LogP contribution in [0.15, 0.2) is 64.3 Å². The van der Waals surface area contributed by atoms with Gasteiger partial charge in [0.2, 0.25) is 5.65 Å². The lowest BCUT2D eigenvalue weighted by Gasteiger charge is -2.08. The number of aromatic nitrogens is 3. The molecule has 0 amide bonds. The molecule has 26 heavy (non-hydrogen) atoms. The molecule has 128 valence electrons. The van der Waals surface area contributed by atoms with Gasteiger partial charge in [0.1, 0.15) is 0 Å². The summed E-state index contributed by atoms with van der Waals surface area (Å²) in [6, 6.07) is 14.4. The molecule has 0 radical (unpaired) electrons. The van der Waals surface area contributed by atoms with Crippen molar-refractivity contribution < 1.29 is 0 Å². The van der Waals surface area contributed by atoms with Gasteiger partial charge in [0.25, 0.3) is 5.56 Å². The summed E-state index contributed by atoms with van der Waals surface area (Å²) in [6.45, 7) is 1.93. The van der Waals surface area contributed by atoms with E-state index < -0.39 is 5.56 Å². The van der Waals surface area contributed by atoms with Gasteiger partial charge in [-0.1, -0.05) is 30.3 Å². The van der Waals surface area contributed by atoms with Gasteiger partial charge < -0.3 is 11.1 Å². The Balaban J connectivity index is 2.02. The van der Waals surface area contributed by atoms with Gasteiger partial charge in [0.05, 0.1) is 16.6 Å². The van der Waals surface area contributed by atoms with Crippen LogP contribution in [0.3, 0.4) is 0 Å². The second-order valence-electron chi connectivity index (χ2n) is 5.92. The molecular formula is C19H15N5O2. The van der Waals surface area contributed by atoms with Gasteiger partial charge in [-0.15, -0.1) is 0 Å². The molecule has 0 aliphatic carbocycles. The van der Waals surface area contributed by atoms with Crippen molar-refractivity contribution in [2.75, 3.05) is 11.1 Å². The van der Waals surface area contributed by atoms with Crippen LogP contribution in [0.4, 0.5) is 17.2 Å². The Bertz CT molecular complexity index is 1280. The normalized spacial score (nSPS) is 11.0. The van der Waals surface area contributed by atoms with Crippen molar-refractivity contribution >= 4 is 33.7 Å². The van der Waals surface area contributed by atoms with E-state index in [-0.39, 0.29) is 22.7 Å². The van der Waals surface area contributed by atoms with Crippen molar-refractivity contribution in [1.29, 1.82) is 0 Å². The van der Waals surface area contributed by atoms with Crippen LogP contribution in [-0.4, -0.2) is 14.4 Å². The summed E-state index contributed by atoms with van der Waals surface area (Å²) in [7, 11) is 0. The standard InChI is InChI=1S/C19H15N5O2/c1-11-6-2-4-8-14(11)21-16-13(20)10-24-17(18(25)23-16)22-15-9-5-3-7-12(15)19(24)26/h2-10H,20H2,1H3,(H,21,23,25). The Kier molecular flexibility index (Phi) is 3.62. The molecule has 0 bridgehead atoms. The summed E-state index contributed by atoms with van der Waals surface area (Å²) >= 11 is 0. The topological polar surface area (TPSA) is 102 Å². The molecule has 2 heterocycles. The van der Waals surface area contributed by atoms with Crippen LogP contribution in [0, 0.1) is 6.92 Å². The lowest BCUT2D eigenvalue weighted by Crippen LogP contribution is -2.19. The van der Waals surface area contributed by atoms with Gasteiger partial charge in [-0.05, 0) is 30.7 Å². The van der Waals surface area contributed by atoms with E-state index in [9.17, 15) is 9.59 Å². The van der Waals surface area contributed by atoms with Crippen molar-refractivity contribution in [3.05, 3.63) is 81.0 Å². The van der Waals surface area contributed by atoms with Crippen molar-refractivity contribution in [1.82, 2.24) is 14.4 Å². The fraction of sp³-hybridized carbons (Fsp3) is 0.0526. The van der Waals surface area contributed by atoms with Gasteiger partial charge in [-0.25, -0.2) is 4.98 Å². The smallest absolute Gasteiger partial charge is 0.315 e. The first-order chi connectivity index (χ1) is 12.5. The van der Waals surface area contributed by atoms with Crippen LogP contribution < -0.4 is 22.2 Å². The molecule has 0 aliphatic rings. The van der Waals surface area contributed by atoms with E-state index in [4.69, 9.17) is 5.73 Å². The number of nitrogens with two attached hydrogens (primary N) is 1. The molecule has 0 unspecified atom stereocenters. The molecule has 0 spiro atoms. The Morgan fingerprint density at radius 1 is 1.00 bits per heavy atom. The highest BCUT2D eigenvalue weighted by Gasteiger charge is 2.11. The largest absolute Gasteiger partial charge is 0.395 e. The molecule has 7 nitrogen and oxygen atoms in total. The number of anilines is 3. The van der Waals surface area contributed by atoms with Gasteiger partial charge >= 0.3 is 5.56 Å². The van der Waals surface area contributed by atoms with Crippen LogP contribution in [0.1, 0.15) is 5.56 Å². The molecule has 0 atom stereocenters. The molecule has 0 saturated carbocycles. The van der Waals surface area contributed by atoms with Crippen molar-refractivity contribution in [2.45, 2.75) is 6.92 Å². The first-order valence-corrected chi connectivity index (χ1v) is 7.99. The molecular weight excluding hydrogens is 330 g/mol. The molecule has 4 rings (SSSR count). The average molecular weight is 345 g/mol. The van der Waals surface area contributed by atoms with Crippen molar-refractivity contribution in [3.63, 3.8) is 0 Å². The van der Waals surface area contributed by atoms with Crippen LogP contribution in [0.25, 0.3) is 16.6 Å². The third-order valence-electron chi connectivity index (χ3n) is 4.15. The van der Waals surface area contributed by atoms with E-state index >= 15 is 0 Å². The minimum absolute atomic E-state index is 0.0711. The molecule has 7 heteroatoms. The summed E-state index contributed by atoms with van der Waals surface area (Å²) in [4.78, 5) is 33.7. The molecule has 0 fully saturated rings. The lowest BCUT2D eigenvalue weighted by molar-refractivity contribution is 1.07.